The van der Waals surface area contributed by atoms with Crippen LogP contribution in [0, 0.1) is 10.1 Å². The van der Waals surface area contributed by atoms with Gasteiger partial charge in [0.05, 0.1) is 4.92 Å². The van der Waals surface area contributed by atoms with Crippen molar-refractivity contribution in [1.82, 2.24) is 0 Å². The quantitative estimate of drug-likeness (QED) is 0.272. The van der Waals surface area contributed by atoms with Crippen LogP contribution < -0.4 is 5.32 Å². The van der Waals surface area contributed by atoms with Crippen molar-refractivity contribution in [3.8, 4) is 11.1 Å². The van der Waals surface area contributed by atoms with E-state index in [4.69, 9.17) is 4.42 Å². The topological polar surface area (TPSA) is 68.3 Å². The molecule has 1 aromatic heterocycles. The predicted octanol–water partition coefficient (Wildman–Crippen LogP) is 6.90. The first kappa shape index (κ1) is 17.0. The summed E-state index contributed by atoms with van der Waals surface area (Å²) in [7, 11) is 0. The Balaban J connectivity index is 1.68. The molecule has 0 bridgehead atoms. The van der Waals surface area contributed by atoms with E-state index in [2.05, 4.69) is 5.32 Å². The highest BCUT2D eigenvalue weighted by atomic mass is 16.6. The number of fused-ring (bicyclic) bond motifs is 3. The Bertz CT molecular complexity index is 1360. The molecule has 0 fully saturated rings. The number of nitro groups is 1. The molecule has 0 aliphatic heterocycles. The Kier molecular flexibility index (Phi) is 3.99. The number of benzene rings is 4. The standard InChI is InChI=1S/C24H16N2O3/c27-26(28)22-14-13-16(15-21(22)25-17-7-2-1-3-8-17)18-10-6-11-20-19-9-4-5-12-23(19)29-24(18)20/h1-15,25H. The summed E-state index contributed by atoms with van der Waals surface area (Å²) in [6.45, 7) is 0. The average molecular weight is 380 g/mol. The number of nitro benzene ring substituents is 1. The molecule has 0 amide bonds. The second-order valence-electron chi connectivity index (χ2n) is 6.76. The maximum atomic E-state index is 11.5. The van der Waals surface area contributed by atoms with Gasteiger partial charge in [-0.1, -0.05) is 54.6 Å². The third kappa shape index (κ3) is 2.99. The molecule has 0 saturated heterocycles. The van der Waals surface area contributed by atoms with Gasteiger partial charge in [0, 0.05) is 28.1 Å². The van der Waals surface area contributed by atoms with Gasteiger partial charge in [0.15, 0.2) is 0 Å². The zero-order chi connectivity index (χ0) is 19.8. The second-order valence-corrected chi connectivity index (χ2v) is 6.76. The van der Waals surface area contributed by atoms with Gasteiger partial charge in [-0.05, 0) is 35.9 Å². The molecule has 0 aliphatic rings. The van der Waals surface area contributed by atoms with Gasteiger partial charge in [0.1, 0.15) is 16.9 Å². The van der Waals surface area contributed by atoms with Crippen LogP contribution in [0.15, 0.2) is 95.4 Å². The van der Waals surface area contributed by atoms with Gasteiger partial charge in [-0.15, -0.1) is 0 Å². The molecule has 5 rings (SSSR count). The lowest BCUT2D eigenvalue weighted by molar-refractivity contribution is -0.383. The van der Waals surface area contributed by atoms with Crippen LogP contribution >= 0.6 is 0 Å². The summed E-state index contributed by atoms with van der Waals surface area (Å²) >= 11 is 0. The molecule has 0 spiro atoms. The number of nitrogens with one attached hydrogen (secondary N) is 1. The molecule has 0 aliphatic carbocycles. The smallest absolute Gasteiger partial charge is 0.292 e. The molecule has 29 heavy (non-hydrogen) atoms. The Hall–Kier alpha value is -4.12. The lowest BCUT2D eigenvalue weighted by Gasteiger charge is -2.10. The number of hydrogen-bond acceptors (Lipinski definition) is 4. The summed E-state index contributed by atoms with van der Waals surface area (Å²) in [5.74, 6) is 0. The number of rotatable bonds is 4. The molecular weight excluding hydrogens is 364 g/mol. The molecule has 5 aromatic rings. The fraction of sp³-hybridized carbons (Fsp3) is 0. The lowest BCUT2D eigenvalue weighted by Crippen LogP contribution is -1.97. The molecule has 1 heterocycles. The minimum Gasteiger partial charge on any atom is -0.455 e. The maximum Gasteiger partial charge on any atom is 0.292 e. The first-order chi connectivity index (χ1) is 14.2. The number of furan rings is 1. The van der Waals surface area contributed by atoms with Gasteiger partial charge in [-0.2, -0.15) is 0 Å². The largest absolute Gasteiger partial charge is 0.455 e. The summed E-state index contributed by atoms with van der Waals surface area (Å²) in [5.41, 5.74) is 4.58. The summed E-state index contributed by atoms with van der Waals surface area (Å²) in [6.07, 6.45) is 0. The van der Waals surface area contributed by atoms with E-state index in [-0.39, 0.29) is 10.6 Å². The van der Waals surface area contributed by atoms with Crippen LogP contribution in [0.25, 0.3) is 33.1 Å². The summed E-state index contributed by atoms with van der Waals surface area (Å²) in [4.78, 5) is 11.2. The van der Waals surface area contributed by atoms with Gasteiger partial charge in [-0.3, -0.25) is 10.1 Å². The fourth-order valence-electron chi connectivity index (χ4n) is 3.61. The molecule has 5 heteroatoms. The van der Waals surface area contributed by atoms with Gasteiger partial charge in [0.2, 0.25) is 0 Å². The molecule has 0 saturated carbocycles. The number of para-hydroxylation sites is 3. The Morgan fingerprint density at radius 2 is 1.55 bits per heavy atom. The van der Waals surface area contributed by atoms with Crippen molar-refractivity contribution in [3.63, 3.8) is 0 Å². The highest BCUT2D eigenvalue weighted by molar-refractivity contribution is 6.09. The van der Waals surface area contributed by atoms with Gasteiger partial charge in [0.25, 0.3) is 5.69 Å². The number of anilines is 2. The van der Waals surface area contributed by atoms with Crippen molar-refractivity contribution in [1.29, 1.82) is 0 Å². The Morgan fingerprint density at radius 1 is 0.793 bits per heavy atom. The summed E-state index contributed by atoms with van der Waals surface area (Å²) in [6, 6.07) is 28.4. The van der Waals surface area contributed by atoms with Crippen LogP contribution in [0.1, 0.15) is 0 Å². The van der Waals surface area contributed by atoms with E-state index in [1.165, 1.54) is 6.07 Å². The van der Waals surface area contributed by atoms with Crippen LogP contribution in [0.4, 0.5) is 17.1 Å². The highest BCUT2D eigenvalue weighted by Crippen LogP contribution is 2.38. The summed E-state index contributed by atoms with van der Waals surface area (Å²) in [5, 5.41) is 16.8. The molecule has 5 nitrogen and oxygen atoms in total. The van der Waals surface area contributed by atoms with E-state index in [9.17, 15) is 10.1 Å². The van der Waals surface area contributed by atoms with Crippen molar-refractivity contribution < 1.29 is 9.34 Å². The van der Waals surface area contributed by atoms with Crippen LogP contribution in [-0.4, -0.2) is 4.92 Å². The van der Waals surface area contributed by atoms with Gasteiger partial charge >= 0.3 is 0 Å². The van der Waals surface area contributed by atoms with Gasteiger partial charge < -0.3 is 9.73 Å². The second kappa shape index (κ2) is 6.80. The fourth-order valence-corrected chi connectivity index (χ4v) is 3.61. The van der Waals surface area contributed by atoms with E-state index in [1.807, 2.05) is 72.8 Å². The van der Waals surface area contributed by atoms with Crippen LogP contribution in [0.2, 0.25) is 0 Å². The average Bonchev–Trinajstić information content (AvgIpc) is 3.13. The van der Waals surface area contributed by atoms with E-state index in [0.29, 0.717) is 5.69 Å². The predicted molar refractivity (Wildman–Crippen MR) is 116 cm³/mol. The monoisotopic (exact) mass is 380 g/mol. The molecule has 0 radical (unpaired) electrons. The normalized spacial score (nSPS) is 11.0. The molecular formula is C24H16N2O3. The van der Waals surface area contributed by atoms with E-state index >= 15 is 0 Å². The maximum absolute atomic E-state index is 11.5. The van der Waals surface area contributed by atoms with E-state index in [0.717, 1.165) is 38.8 Å². The Morgan fingerprint density at radius 3 is 2.38 bits per heavy atom. The first-order valence-corrected chi connectivity index (χ1v) is 9.22. The number of hydrogen-bond donors (Lipinski definition) is 1. The molecule has 4 aromatic carbocycles. The lowest BCUT2D eigenvalue weighted by atomic mass is 10.0. The third-order valence-electron chi connectivity index (χ3n) is 4.96. The Labute approximate surface area is 166 Å². The molecule has 140 valence electrons. The zero-order valence-corrected chi connectivity index (χ0v) is 15.3. The number of nitrogens with zero attached hydrogens (tertiary/aromatic N) is 1. The molecule has 1 N–H and O–H groups in total. The molecule has 0 unspecified atom stereocenters. The molecule has 0 atom stereocenters. The van der Waals surface area contributed by atoms with E-state index < -0.39 is 0 Å². The summed E-state index contributed by atoms with van der Waals surface area (Å²) < 4.78 is 6.12. The first-order valence-electron chi connectivity index (χ1n) is 9.22. The zero-order valence-electron chi connectivity index (χ0n) is 15.3. The highest BCUT2D eigenvalue weighted by Gasteiger charge is 2.17. The van der Waals surface area contributed by atoms with Crippen LogP contribution in [0.3, 0.4) is 0 Å². The van der Waals surface area contributed by atoms with Crippen molar-refractivity contribution in [3.05, 3.63) is 101 Å². The van der Waals surface area contributed by atoms with Crippen molar-refractivity contribution in [2.75, 3.05) is 5.32 Å². The van der Waals surface area contributed by atoms with Gasteiger partial charge in [-0.25, -0.2) is 0 Å². The van der Waals surface area contributed by atoms with Crippen molar-refractivity contribution in [2.45, 2.75) is 0 Å². The SMILES string of the molecule is O=[N+]([O-])c1ccc(-c2cccc3c2oc2ccccc23)cc1Nc1ccccc1. The van der Waals surface area contributed by atoms with E-state index in [1.54, 1.807) is 12.1 Å². The minimum absolute atomic E-state index is 0.0226. The minimum atomic E-state index is -0.378. The third-order valence-corrected chi connectivity index (χ3v) is 4.96. The van der Waals surface area contributed by atoms with Crippen LogP contribution in [-0.2, 0) is 0 Å². The van der Waals surface area contributed by atoms with Crippen molar-refractivity contribution in [2.24, 2.45) is 0 Å². The van der Waals surface area contributed by atoms with Crippen LogP contribution in [0.5, 0.6) is 0 Å². The van der Waals surface area contributed by atoms with Crippen molar-refractivity contribution >= 4 is 39.0 Å².